The summed E-state index contributed by atoms with van der Waals surface area (Å²) < 4.78 is 50.1. The Morgan fingerprint density at radius 2 is 1.53 bits per heavy atom. The molecule has 0 radical (unpaired) electrons. The number of rotatable bonds is 8. The molecule has 1 fully saturated rings. The van der Waals surface area contributed by atoms with Crippen LogP contribution in [0.3, 0.4) is 0 Å². The van der Waals surface area contributed by atoms with Crippen LogP contribution in [0.25, 0.3) is 22.3 Å². The van der Waals surface area contributed by atoms with Crippen LogP contribution in [0.2, 0.25) is 0 Å². The summed E-state index contributed by atoms with van der Waals surface area (Å²) >= 11 is 0. The molecule has 0 spiro atoms. The van der Waals surface area contributed by atoms with Gasteiger partial charge in [-0.2, -0.15) is 0 Å². The number of hydrogen-bond donors (Lipinski definition) is 0. The van der Waals surface area contributed by atoms with Gasteiger partial charge in [-0.3, -0.25) is 0 Å². The Morgan fingerprint density at radius 3 is 2.18 bits per heavy atom. The fourth-order valence-electron chi connectivity index (χ4n) is 4.87. The summed E-state index contributed by atoms with van der Waals surface area (Å²) in [5.41, 5.74) is 3.42. The van der Waals surface area contributed by atoms with Crippen molar-refractivity contribution in [3.05, 3.63) is 83.2 Å². The molecule has 2 unspecified atom stereocenters. The third-order valence-electron chi connectivity index (χ3n) is 6.91. The summed E-state index contributed by atoms with van der Waals surface area (Å²) in [5.74, 6) is -1.27. The van der Waals surface area contributed by atoms with Crippen LogP contribution in [0.15, 0.2) is 54.6 Å². The summed E-state index contributed by atoms with van der Waals surface area (Å²) in [7, 11) is 0. The molecule has 3 aromatic rings. The van der Waals surface area contributed by atoms with Crippen molar-refractivity contribution in [3.8, 4) is 22.3 Å². The molecular formula is C30H33F3O. The third kappa shape index (κ3) is 5.38. The topological polar surface area (TPSA) is 9.23 Å². The van der Waals surface area contributed by atoms with E-state index in [0.29, 0.717) is 35.6 Å². The molecule has 4 rings (SSSR count). The van der Waals surface area contributed by atoms with E-state index in [1.807, 2.05) is 31.2 Å². The zero-order valence-corrected chi connectivity index (χ0v) is 20.0. The largest absolute Gasteiger partial charge is 0.373 e. The highest BCUT2D eigenvalue weighted by Gasteiger charge is 2.24. The number of hydrogen-bond acceptors (Lipinski definition) is 1. The highest BCUT2D eigenvalue weighted by Crippen LogP contribution is 2.35. The Morgan fingerprint density at radius 1 is 0.794 bits per heavy atom. The van der Waals surface area contributed by atoms with Crippen molar-refractivity contribution in [3.63, 3.8) is 0 Å². The van der Waals surface area contributed by atoms with Gasteiger partial charge in [-0.1, -0.05) is 75.2 Å². The summed E-state index contributed by atoms with van der Waals surface area (Å²) in [5, 5.41) is 0. The number of aryl methyl sites for hydroxylation is 1. The molecule has 0 saturated carbocycles. The first-order chi connectivity index (χ1) is 16.5. The lowest BCUT2D eigenvalue weighted by Gasteiger charge is -2.29. The number of ether oxygens (including phenoxy) is 1. The molecule has 1 saturated heterocycles. The fourth-order valence-corrected chi connectivity index (χ4v) is 4.87. The van der Waals surface area contributed by atoms with Crippen molar-refractivity contribution in [2.75, 3.05) is 6.61 Å². The maximum absolute atomic E-state index is 15.0. The van der Waals surface area contributed by atoms with E-state index in [2.05, 4.69) is 6.92 Å². The van der Waals surface area contributed by atoms with Gasteiger partial charge in [0.25, 0.3) is 0 Å². The molecular weight excluding hydrogens is 433 g/mol. The molecule has 34 heavy (non-hydrogen) atoms. The standard InChI is InChI=1S/C30H33F3O/c1-3-5-7-23-13-15-25(30(33)29(23)32)22-11-9-21(10-12-22)24-14-16-26(27(31)18-24)28-17-8-20(6-4-2)19-34-28/h9-16,18,20,28H,3-8,17,19H2,1-2H3. The van der Waals surface area contributed by atoms with Gasteiger partial charge in [0.1, 0.15) is 5.82 Å². The van der Waals surface area contributed by atoms with Crippen LogP contribution in [0.5, 0.6) is 0 Å². The number of benzene rings is 3. The van der Waals surface area contributed by atoms with E-state index >= 15 is 0 Å². The van der Waals surface area contributed by atoms with E-state index in [1.165, 1.54) is 6.07 Å². The number of unbranched alkanes of at least 4 members (excludes halogenated alkanes) is 1. The normalized spacial score (nSPS) is 18.3. The van der Waals surface area contributed by atoms with Crippen LogP contribution in [-0.4, -0.2) is 6.61 Å². The van der Waals surface area contributed by atoms with Crippen LogP contribution in [-0.2, 0) is 11.2 Å². The maximum atomic E-state index is 15.0. The van der Waals surface area contributed by atoms with Gasteiger partial charge in [-0.05, 0) is 66.3 Å². The van der Waals surface area contributed by atoms with Gasteiger partial charge >= 0.3 is 0 Å². The Balaban J connectivity index is 1.49. The molecule has 0 N–H and O–H groups in total. The third-order valence-corrected chi connectivity index (χ3v) is 6.91. The van der Waals surface area contributed by atoms with Crippen molar-refractivity contribution in [2.45, 2.75) is 64.9 Å². The number of halogens is 3. The van der Waals surface area contributed by atoms with E-state index in [1.54, 1.807) is 24.3 Å². The van der Waals surface area contributed by atoms with Crippen LogP contribution in [0.4, 0.5) is 13.2 Å². The predicted molar refractivity (Wildman–Crippen MR) is 132 cm³/mol. The molecule has 0 aromatic heterocycles. The fraction of sp³-hybridized carbons (Fsp3) is 0.400. The smallest absolute Gasteiger partial charge is 0.166 e. The first kappa shape index (κ1) is 24.5. The summed E-state index contributed by atoms with van der Waals surface area (Å²) in [6.45, 7) is 4.89. The van der Waals surface area contributed by atoms with Gasteiger partial charge in [0.05, 0.1) is 12.7 Å². The second kappa shape index (κ2) is 11.2. The maximum Gasteiger partial charge on any atom is 0.166 e. The monoisotopic (exact) mass is 466 g/mol. The molecule has 0 bridgehead atoms. The zero-order valence-electron chi connectivity index (χ0n) is 20.0. The van der Waals surface area contributed by atoms with Crippen molar-refractivity contribution >= 4 is 0 Å². The molecule has 2 atom stereocenters. The van der Waals surface area contributed by atoms with E-state index in [0.717, 1.165) is 49.7 Å². The molecule has 0 amide bonds. The quantitative estimate of drug-likeness (QED) is 0.322. The van der Waals surface area contributed by atoms with Crippen molar-refractivity contribution in [2.24, 2.45) is 5.92 Å². The summed E-state index contributed by atoms with van der Waals surface area (Å²) in [4.78, 5) is 0. The molecule has 1 nitrogen and oxygen atoms in total. The average Bonchev–Trinajstić information content (AvgIpc) is 2.86. The van der Waals surface area contributed by atoms with Gasteiger partial charge in [0.2, 0.25) is 0 Å². The van der Waals surface area contributed by atoms with Gasteiger partial charge in [0, 0.05) is 11.1 Å². The first-order valence-electron chi connectivity index (χ1n) is 12.5. The minimum atomic E-state index is -0.814. The van der Waals surface area contributed by atoms with Gasteiger partial charge in [-0.15, -0.1) is 0 Å². The van der Waals surface area contributed by atoms with Crippen LogP contribution >= 0.6 is 0 Å². The van der Waals surface area contributed by atoms with E-state index in [-0.39, 0.29) is 17.5 Å². The van der Waals surface area contributed by atoms with Gasteiger partial charge in [0.15, 0.2) is 11.6 Å². The molecule has 1 heterocycles. The molecule has 3 aromatic carbocycles. The molecule has 180 valence electrons. The van der Waals surface area contributed by atoms with Crippen molar-refractivity contribution in [1.29, 1.82) is 0 Å². The van der Waals surface area contributed by atoms with Crippen LogP contribution in [0, 0.1) is 23.4 Å². The van der Waals surface area contributed by atoms with E-state index < -0.39 is 11.6 Å². The summed E-state index contributed by atoms with van der Waals surface area (Å²) in [6, 6.07) is 15.7. The SMILES string of the molecule is CCCCc1ccc(-c2ccc(-c3ccc(C4CCC(CCC)CO4)c(F)c3)cc2)c(F)c1F. The molecule has 1 aliphatic rings. The average molecular weight is 467 g/mol. The second-order valence-corrected chi connectivity index (χ2v) is 9.37. The highest BCUT2D eigenvalue weighted by molar-refractivity contribution is 5.71. The van der Waals surface area contributed by atoms with Crippen molar-refractivity contribution in [1.82, 2.24) is 0 Å². The molecule has 0 aliphatic carbocycles. The lowest BCUT2D eigenvalue weighted by atomic mass is 9.91. The van der Waals surface area contributed by atoms with E-state index in [4.69, 9.17) is 4.74 Å². The minimum Gasteiger partial charge on any atom is -0.373 e. The van der Waals surface area contributed by atoms with Crippen LogP contribution < -0.4 is 0 Å². The predicted octanol–water partition coefficient (Wildman–Crippen LogP) is 9.05. The van der Waals surface area contributed by atoms with E-state index in [9.17, 15) is 13.2 Å². The Kier molecular flexibility index (Phi) is 8.10. The van der Waals surface area contributed by atoms with Crippen molar-refractivity contribution < 1.29 is 17.9 Å². The first-order valence-corrected chi connectivity index (χ1v) is 12.5. The Labute approximate surface area is 201 Å². The Bertz CT molecular complexity index is 1100. The molecule has 4 heteroatoms. The Hall–Kier alpha value is -2.59. The highest BCUT2D eigenvalue weighted by atomic mass is 19.2. The summed E-state index contributed by atoms with van der Waals surface area (Å²) in [6.07, 6.45) is 6.31. The van der Waals surface area contributed by atoms with Crippen LogP contribution in [0.1, 0.15) is 69.6 Å². The lowest BCUT2D eigenvalue weighted by Crippen LogP contribution is -2.21. The minimum absolute atomic E-state index is 0.192. The second-order valence-electron chi connectivity index (χ2n) is 9.37. The zero-order chi connectivity index (χ0) is 24.1. The van der Waals surface area contributed by atoms with Gasteiger partial charge < -0.3 is 4.74 Å². The molecule has 1 aliphatic heterocycles. The lowest BCUT2D eigenvalue weighted by molar-refractivity contribution is -0.0211. The van der Waals surface area contributed by atoms with Gasteiger partial charge in [-0.25, -0.2) is 13.2 Å².